The SMILES string of the molecule is CCn1ncc(CN)c1C. The minimum absolute atomic E-state index is 0.589. The number of rotatable bonds is 2. The van der Waals surface area contributed by atoms with Crippen LogP contribution in [0.3, 0.4) is 0 Å². The van der Waals surface area contributed by atoms with Gasteiger partial charge in [-0.3, -0.25) is 4.68 Å². The van der Waals surface area contributed by atoms with Crippen molar-refractivity contribution in [2.24, 2.45) is 5.73 Å². The van der Waals surface area contributed by atoms with E-state index in [0.717, 1.165) is 12.1 Å². The lowest BCUT2D eigenvalue weighted by atomic mass is 10.3. The van der Waals surface area contributed by atoms with Crippen molar-refractivity contribution in [2.75, 3.05) is 0 Å². The summed E-state index contributed by atoms with van der Waals surface area (Å²) in [6.45, 7) is 5.62. The van der Waals surface area contributed by atoms with E-state index in [0.29, 0.717) is 6.54 Å². The Morgan fingerprint density at radius 2 is 2.40 bits per heavy atom. The minimum atomic E-state index is 0.589. The molecular formula is C7H13N3. The molecule has 0 saturated heterocycles. The van der Waals surface area contributed by atoms with E-state index < -0.39 is 0 Å². The van der Waals surface area contributed by atoms with Crippen LogP contribution in [0.4, 0.5) is 0 Å². The third kappa shape index (κ3) is 1.04. The van der Waals surface area contributed by atoms with E-state index in [4.69, 9.17) is 5.73 Å². The molecule has 0 spiro atoms. The van der Waals surface area contributed by atoms with Crippen molar-refractivity contribution in [2.45, 2.75) is 26.9 Å². The van der Waals surface area contributed by atoms with Crippen LogP contribution in [0.1, 0.15) is 18.2 Å². The van der Waals surface area contributed by atoms with E-state index >= 15 is 0 Å². The summed E-state index contributed by atoms with van der Waals surface area (Å²) in [4.78, 5) is 0. The fourth-order valence-corrected chi connectivity index (χ4v) is 1.00. The van der Waals surface area contributed by atoms with Crippen LogP contribution in [0, 0.1) is 6.92 Å². The van der Waals surface area contributed by atoms with E-state index in [1.165, 1.54) is 5.69 Å². The van der Waals surface area contributed by atoms with Crippen molar-refractivity contribution < 1.29 is 0 Å². The molecule has 1 rings (SSSR count). The molecule has 0 aliphatic rings. The third-order valence-corrected chi connectivity index (χ3v) is 1.72. The molecule has 56 valence electrons. The maximum Gasteiger partial charge on any atom is 0.0537 e. The van der Waals surface area contributed by atoms with Gasteiger partial charge in [0.1, 0.15) is 0 Å². The van der Waals surface area contributed by atoms with Crippen molar-refractivity contribution in [3.05, 3.63) is 17.5 Å². The zero-order chi connectivity index (χ0) is 7.56. The summed E-state index contributed by atoms with van der Waals surface area (Å²) >= 11 is 0. The lowest BCUT2D eigenvalue weighted by molar-refractivity contribution is 0.638. The van der Waals surface area contributed by atoms with E-state index in [1.807, 2.05) is 17.8 Å². The highest BCUT2D eigenvalue weighted by atomic mass is 15.3. The number of aromatic nitrogens is 2. The lowest BCUT2D eigenvalue weighted by Gasteiger charge is -1.98. The second-order valence-electron chi connectivity index (χ2n) is 2.28. The summed E-state index contributed by atoms with van der Waals surface area (Å²) in [6, 6.07) is 0. The van der Waals surface area contributed by atoms with E-state index in [-0.39, 0.29) is 0 Å². The van der Waals surface area contributed by atoms with Crippen LogP contribution in [-0.2, 0) is 13.1 Å². The summed E-state index contributed by atoms with van der Waals surface area (Å²) in [6.07, 6.45) is 1.83. The van der Waals surface area contributed by atoms with Crippen molar-refractivity contribution in [3.8, 4) is 0 Å². The molecule has 1 heterocycles. The Labute approximate surface area is 60.8 Å². The minimum Gasteiger partial charge on any atom is -0.326 e. The number of nitrogens with two attached hydrogens (primary N) is 1. The molecule has 0 aromatic carbocycles. The van der Waals surface area contributed by atoms with Gasteiger partial charge in [0.15, 0.2) is 0 Å². The van der Waals surface area contributed by atoms with Crippen LogP contribution in [0.2, 0.25) is 0 Å². The van der Waals surface area contributed by atoms with Gasteiger partial charge in [-0.25, -0.2) is 0 Å². The zero-order valence-electron chi connectivity index (χ0n) is 6.46. The van der Waals surface area contributed by atoms with Crippen LogP contribution in [-0.4, -0.2) is 9.78 Å². The molecule has 0 bridgehead atoms. The highest BCUT2D eigenvalue weighted by Crippen LogP contribution is 2.04. The van der Waals surface area contributed by atoms with Gasteiger partial charge in [-0.05, 0) is 13.8 Å². The van der Waals surface area contributed by atoms with Crippen molar-refractivity contribution >= 4 is 0 Å². The molecule has 10 heavy (non-hydrogen) atoms. The molecule has 1 aromatic heterocycles. The molecule has 0 saturated carbocycles. The van der Waals surface area contributed by atoms with Gasteiger partial charge in [0.2, 0.25) is 0 Å². The molecule has 0 atom stereocenters. The predicted molar refractivity (Wildman–Crippen MR) is 40.5 cm³/mol. The standard InChI is InChI=1S/C7H13N3/c1-3-10-6(2)7(4-8)5-9-10/h5H,3-4,8H2,1-2H3. The van der Waals surface area contributed by atoms with Crippen LogP contribution >= 0.6 is 0 Å². The Morgan fingerprint density at radius 3 is 2.70 bits per heavy atom. The van der Waals surface area contributed by atoms with Crippen molar-refractivity contribution in [1.82, 2.24) is 9.78 Å². The van der Waals surface area contributed by atoms with Gasteiger partial charge in [0.05, 0.1) is 6.20 Å². The van der Waals surface area contributed by atoms with Gasteiger partial charge in [-0.2, -0.15) is 5.10 Å². The fraction of sp³-hybridized carbons (Fsp3) is 0.571. The topological polar surface area (TPSA) is 43.8 Å². The Hall–Kier alpha value is -0.830. The van der Waals surface area contributed by atoms with Crippen LogP contribution in [0.15, 0.2) is 6.20 Å². The zero-order valence-corrected chi connectivity index (χ0v) is 6.46. The third-order valence-electron chi connectivity index (χ3n) is 1.72. The molecule has 0 fully saturated rings. The highest BCUT2D eigenvalue weighted by molar-refractivity contribution is 5.15. The van der Waals surface area contributed by atoms with Crippen molar-refractivity contribution in [3.63, 3.8) is 0 Å². The van der Waals surface area contributed by atoms with E-state index in [2.05, 4.69) is 12.0 Å². The predicted octanol–water partition coefficient (Wildman–Crippen LogP) is 0.670. The number of hydrogen-bond donors (Lipinski definition) is 1. The van der Waals surface area contributed by atoms with Crippen LogP contribution < -0.4 is 5.73 Å². The molecule has 3 nitrogen and oxygen atoms in total. The Kier molecular flexibility index (Phi) is 2.06. The first-order valence-electron chi connectivity index (χ1n) is 3.51. The van der Waals surface area contributed by atoms with Gasteiger partial charge in [0, 0.05) is 24.3 Å². The summed E-state index contributed by atoms with van der Waals surface area (Å²) in [5.41, 5.74) is 7.79. The normalized spacial score (nSPS) is 10.3. The molecule has 0 aliphatic heterocycles. The first-order valence-corrected chi connectivity index (χ1v) is 3.51. The molecular weight excluding hydrogens is 126 g/mol. The number of aryl methyl sites for hydroxylation is 1. The average molecular weight is 139 g/mol. The Balaban J connectivity index is 2.97. The second kappa shape index (κ2) is 2.84. The molecule has 2 N–H and O–H groups in total. The van der Waals surface area contributed by atoms with Gasteiger partial charge in [-0.15, -0.1) is 0 Å². The first-order chi connectivity index (χ1) is 4.79. The summed E-state index contributed by atoms with van der Waals surface area (Å²) in [5, 5.41) is 4.14. The summed E-state index contributed by atoms with van der Waals surface area (Å²) in [7, 11) is 0. The van der Waals surface area contributed by atoms with Gasteiger partial charge in [0.25, 0.3) is 0 Å². The Morgan fingerprint density at radius 1 is 1.70 bits per heavy atom. The van der Waals surface area contributed by atoms with Crippen molar-refractivity contribution in [1.29, 1.82) is 0 Å². The highest BCUT2D eigenvalue weighted by Gasteiger charge is 2.00. The van der Waals surface area contributed by atoms with E-state index in [1.54, 1.807) is 0 Å². The molecule has 3 heteroatoms. The lowest BCUT2D eigenvalue weighted by Crippen LogP contribution is -2.01. The first kappa shape index (κ1) is 7.28. The fourth-order valence-electron chi connectivity index (χ4n) is 1.00. The molecule has 1 aromatic rings. The summed E-state index contributed by atoms with van der Waals surface area (Å²) < 4.78 is 1.95. The molecule has 0 radical (unpaired) electrons. The summed E-state index contributed by atoms with van der Waals surface area (Å²) in [5.74, 6) is 0. The monoisotopic (exact) mass is 139 g/mol. The van der Waals surface area contributed by atoms with Gasteiger partial charge in [-0.1, -0.05) is 0 Å². The maximum atomic E-state index is 5.47. The van der Waals surface area contributed by atoms with Crippen LogP contribution in [0.25, 0.3) is 0 Å². The smallest absolute Gasteiger partial charge is 0.0537 e. The van der Waals surface area contributed by atoms with Crippen LogP contribution in [0.5, 0.6) is 0 Å². The van der Waals surface area contributed by atoms with E-state index in [9.17, 15) is 0 Å². The quantitative estimate of drug-likeness (QED) is 0.654. The number of hydrogen-bond acceptors (Lipinski definition) is 2. The van der Waals surface area contributed by atoms with Gasteiger partial charge < -0.3 is 5.73 Å². The second-order valence-corrected chi connectivity index (χ2v) is 2.28. The largest absolute Gasteiger partial charge is 0.326 e. The molecule has 0 aliphatic carbocycles. The Bertz CT molecular complexity index is 193. The van der Waals surface area contributed by atoms with Gasteiger partial charge >= 0.3 is 0 Å². The average Bonchev–Trinajstić information content (AvgIpc) is 2.30. The number of nitrogens with zero attached hydrogens (tertiary/aromatic N) is 2. The molecule has 0 amide bonds. The maximum absolute atomic E-state index is 5.47. The molecule has 0 unspecified atom stereocenters.